The number of carbonyl (C=O) groups is 8. The zero-order chi connectivity index (χ0) is 59.0. The molecular formula is C55H75N7O17S. The molecular weight excluding hydrogens is 1060 g/mol. The normalized spacial score (nSPS) is 24.3. The fourth-order valence-electron chi connectivity index (χ4n) is 9.40. The number of carbonyl (C=O) groups excluding carboxylic acids is 8. The summed E-state index contributed by atoms with van der Waals surface area (Å²) in [6, 6.07) is 10.1. The fourth-order valence-corrected chi connectivity index (χ4v) is 9.70. The molecule has 0 spiro atoms. The van der Waals surface area contributed by atoms with Crippen molar-refractivity contribution in [3.63, 3.8) is 0 Å². The number of hydrogen-bond acceptors (Lipinski definition) is 16. The molecule has 2 saturated heterocycles. The van der Waals surface area contributed by atoms with Crippen molar-refractivity contribution in [2.45, 2.75) is 153 Å². The van der Waals surface area contributed by atoms with Gasteiger partial charge in [-0.3, -0.25) is 38.1 Å². The third-order valence-corrected chi connectivity index (χ3v) is 15.1. The molecule has 2 aliphatic heterocycles. The Labute approximate surface area is 465 Å². The van der Waals surface area contributed by atoms with Crippen LogP contribution < -0.4 is 26.6 Å². The van der Waals surface area contributed by atoms with Crippen LogP contribution >= 0.6 is 0 Å². The number of esters is 1. The standard InChI is InChI=1S/C55H75N7O17S/c1-8-31(3)45-55(73)79-33(5)46(60-49(67)40(26-20-35-17-23-38(64)24-18-35)56-51(69)43(77-7)30-78-80(74,75)76)52(70)57-39(25-19-34-15-21-37(63)22-16-34)48(66)58-41-27-28-44(65)62(53(41)71)47(32(4)9-2)54(72)61(6)42(50(68)59-45)29-36-13-11-10-12-14-36/h10-18,21-24,31-33,39-47,63-65H,8-9,19-20,25-30H2,1-7H3,(H,56,69)(H,57,70)(H,58,66)(H,59,68)(H,60,67)(H,74,75,76)/t31-,32-,33+,39-,40+,41-,42-,43+,44?,45-,46-,47-/m0/s1. The molecule has 12 atom stereocenters. The van der Waals surface area contributed by atoms with E-state index in [0.717, 1.165) is 12.0 Å². The minimum Gasteiger partial charge on any atom is -0.508 e. The Morgan fingerprint density at radius 2 is 1.38 bits per heavy atom. The molecule has 2 bridgehead atoms. The summed E-state index contributed by atoms with van der Waals surface area (Å²) in [5.74, 6) is -8.92. The van der Waals surface area contributed by atoms with Crippen LogP contribution in [0.2, 0.25) is 0 Å². The van der Waals surface area contributed by atoms with Crippen molar-refractivity contribution in [3.8, 4) is 11.5 Å². The third kappa shape index (κ3) is 17.7. The summed E-state index contributed by atoms with van der Waals surface area (Å²) in [5.41, 5.74) is 1.82. The summed E-state index contributed by atoms with van der Waals surface area (Å²) >= 11 is 0. The van der Waals surface area contributed by atoms with Gasteiger partial charge >= 0.3 is 16.4 Å². The number of nitrogens with zero attached hydrogens (tertiary/aromatic N) is 2. The number of phenolic OH excluding ortho intramolecular Hbond substituents is 2. The zero-order valence-electron chi connectivity index (χ0n) is 45.9. The number of piperidine rings is 1. The minimum absolute atomic E-state index is 0.0414. The van der Waals surface area contributed by atoms with Gasteiger partial charge in [0, 0.05) is 20.6 Å². The summed E-state index contributed by atoms with van der Waals surface area (Å²) in [5, 5.41) is 44.7. The number of likely N-dealkylation sites (N-methyl/N-ethyl adjacent to an activating group) is 1. The number of rotatable bonds is 20. The van der Waals surface area contributed by atoms with Crippen molar-refractivity contribution >= 4 is 57.7 Å². The molecule has 0 radical (unpaired) electrons. The van der Waals surface area contributed by atoms with E-state index in [1.54, 1.807) is 82.3 Å². The lowest BCUT2D eigenvalue weighted by Gasteiger charge is -2.44. The van der Waals surface area contributed by atoms with E-state index in [1.165, 1.54) is 43.1 Å². The SMILES string of the molecule is CC[C@H](C)[C@@H]1NC(=O)[C@H](Cc2ccccc2)N(C)C(=O)[C@H]([C@@H](C)CC)N2C(=O)[C@H](CCC2O)NC(=O)[C@H](CCc2ccc(O)cc2)NC(=O)[C@@H](NC(=O)[C@@H](CCc2ccc(O)cc2)NC(=O)[C@@H](COS(=O)(=O)O)OC)[C@@H](C)OC1=O. The number of amides is 7. The minimum atomic E-state index is -5.06. The van der Waals surface area contributed by atoms with Crippen LogP contribution in [0.15, 0.2) is 78.9 Å². The second kappa shape index (κ2) is 29.3. The zero-order valence-corrected chi connectivity index (χ0v) is 46.7. The molecule has 80 heavy (non-hydrogen) atoms. The summed E-state index contributed by atoms with van der Waals surface area (Å²) < 4.78 is 47.5. The number of hydrogen-bond donors (Lipinski definition) is 9. The number of aromatic hydroxyl groups is 2. The monoisotopic (exact) mass is 1140 g/mol. The highest BCUT2D eigenvalue weighted by molar-refractivity contribution is 7.80. The van der Waals surface area contributed by atoms with Gasteiger partial charge in [0.2, 0.25) is 35.4 Å². The van der Waals surface area contributed by atoms with Crippen LogP contribution in [0.25, 0.3) is 0 Å². The summed E-state index contributed by atoms with van der Waals surface area (Å²) in [4.78, 5) is 120. The van der Waals surface area contributed by atoms with E-state index in [2.05, 4.69) is 30.8 Å². The Kier molecular flexibility index (Phi) is 23.3. The first-order valence-electron chi connectivity index (χ1n) is 26.6. The Morgan fingerprint density at radius 3 is 1.95 bits per heavy atom. The lowest BCUT2D eigenvalue weighted by atomic mass is 9.91. The van der Waals surface area contributed by atoms with Gasteiger partial charge in [0.25, 0.3) is 5.91 Å². The number of ether oxygens (including phenoxy) is 2. The van der Waals surface area contributed by atoms with Crippen LogP contribution in [-0.4, -0.2) is 167 Å². The molecule has 25 heteroatoms. The molecule has 9 N–H and O–H groups in total. The van der Waals surface area contributed by atoms with Gasteiger partial charge in [0.1, 0.15) is 72.7 Å². The maximum Gasteiger partial charge on any atom is 0.397 e. The van der Waals surface area contributed by atoms with Crippen molar-refractivity contribution in [1.29, 1.82) is 0 Å². The number of aryl methyl sites for hydroxylation is 2. The van der Waals surface area contributed by atoms with Crippen LogP contribution in [0.1, 0.15) is 89.8 Å². The highest BCUT2D eigenvalue weighted by atomic mass is 32.3. The predicted octanol–water partition coefficient (Wildman–Crippen LogP) is 1.34. The molecule has 3 aromatic rings. The Balaban J connectivity index is 1.64. The van der Waals surface area contributed by atoms with Crippen LogP contribution in [0, 0.1) is 11.8 Å². The lowest BCUT2D eigenvalue weighted by Crippen LogP contribution is -2.66. The van der Waals surface area contributed by atoms with Gasteiger partial charge in [-0.1, -0.05) is 95.1 Å². The molecule has 24 nitrogen and oxygen atoms in total. The molecule has 7 amide bonds. The van der Waals surface area contributed by atoms with Crippen molar-refractivity contribution in [3.05, 3.63) is 95.6 Å². The first-order chi connectivity index (χ1) is 37.8. The largest absolute Gasteiger partial charge is 0.508 e. The Morgan fingerprint density at radius 1 is 0.775 bits per heavy atom. The molecule has 1 unspecified atom stereocenters. The Bertz CT molecular complexity index is 2740. The average Bonchev–Trinajstić information content (AvgIpc) is 3.44. The first-order valence-corrected chi connectivity index (χ1v) is 28.0. The molecule has 5 rings (SSSR count). The molecule has 438 valence electrons. The van der Waals surface area contributed by atoms with Crippen LogP contribution in [0.3, 0.4) is 0 Å². The van der Waals surface area contributed by atoms with E-state index >= 15 is 9.59 Å². The molecule has 0 aromatic heterocycles. The van der Waals surface area contributed by atoms with E-state index in [9.17, 15) is 57.1 Å². The van der Waals surface area contributed by atoms with Crippen molar-refractivity contribution in [2.24, 2.45) is 11.8 Å². The summed E-state index contributed by atoms with van der Waals surface area (Å²) in [6.07, 6.45) is -4.74. The molecule has 2 aliphatic rings. The smallest absolute Gasteiger partial charge is 0.397 e. The topological polar surface area (TPSA) is 346 Å². The van der Waals surface area contributed by atoms with Gasteiger partial charge in [-0.05, 0) is 98.2 Å². The molecule has 0 aliphatic carbocycles. The average molecular weight is 1140 g/mol. The number of aliphatic hydroxyl groups is 1. The fraction of sp³-hybridized carbons (Fsp3) is 0.527. The maximum absolute atomic E-state index is 15.1. The molecule has 3 aromatic carbocycles. The van der Waals surface area contributed by atoms with Crippen LogP contribution in [-0.2, 0) is 81.7 Å². The van der Waals surface area contributed by atoms with E-state index in [1.807, 2.05) is 0 Å². The summed E-state index contributed by atoms with van der Waals surface area (Å²) in [7, 11) is -2.64. The molecule has 0 saturated carbocycles. The van der Waals surface area contributed by atoms with E-state index < -0.39 is 137 Å². The second-order valence-electron chi connectivity index (χ2n) is 20.3. The van der Waals surface area contributed by atoms with Gasteiger partial charge in [0.05, 0.1) is 0 Å². The van der Waals surface area contributed by atoms with E-state index in [4.69, 9.17) is 9.47 Å². The second-order valence-corrected chi connectivity index (χ2v) is 21.4. The van der Waals surface area contributed by atoms with E-state index in [-0.39, 0.29) is 62.9 Å². The third-order valence-electron chi connectivity index (χ3n) is 14.7. The summed E-state index contributed by atoms with van der Waals surface area (Å²) in [6.45, 7) is 7.16. The predicted molar refractivity (Wildman–Crippen MR) is 288 cm³/mol. The highest BCUT2D eigenvalue weighted by Gasteiger charge is 2.47. The number of nitrogens with one attached hydrogen (secondary N) is 5. The van der Waals surface area contributed by atoms with Crippen molar-refractivity contribution < 1.29 is 80.3 Å². The molecule has 2 heterocycles. The highest BCUT2D eigenvalue weighted by Crippen LogP contribution is 2.28. The quantitative estimate of drug-likeness (QED) is 0.0569. The van der Waals surface area contributed by atoms with Gasteiger partial charge in [-0.2, -0.15) is 8.42 Å². The van der Waals surface area contributed by atoms with Crippen LogP contribution in [0.4, 0.5) is 0 Å². The van der Waals surface area contributed by atoms with E-state index in [0.29, 0.717) is 23.1 Å². The van der Waals surface area contributed by atoms with Crippen molar-refractivity contribution in [2.75, 3.05) is 20.8 Å². The van der Waals surface area contributed by atoms with Crippen molar-refractivity contribution in [1.82, 2.24) is 36.4 Å². The number of cyclic esters (lactones) is 1. The number of benzene rings is 3. The van der Waals surface area contributed by atoms with Crippen LogP contribution in [0.5, 0.6) is 11.5 Å². The van der Waals surface area contributed by atoms with Gasteiger partial charge in [-0.15, -0.1) is 0 Å². The lowest BCUT2D eigenvalue weighted by molar-refractivity contribution is -0.168. The molecule has 2 fully saturated rings. The number of methoxy groups -OCH3 is 1. The van der Waals surface area contributed by atoms with Gasteiger partial charge < -0.3 is 61.2 Å². The number of aliphatic hydroxyl groups excluding tert-OH is 1. The van der Waals surface area contributed by atoms with Gasteiger partial charge in [-0.25, -0.2) is 8.98 Å². The number of phenols is 2. The Hall–Kier alpha value is -7.19. The first kappa shape index (κ1) is 63.6. The number of fused-ring (bicyclic) bond motifs is 2. The maximum atomic E-state index is 15.1. The van der Waals surface area contributed by atoms with Gasteiger partial charge in [0.15, 0.2) is 6.10 Å².